The van der Waals surface area contributed by atoms with Gasteiger partial charge in [0.05, 0.1) is 6.61 Å². The molecule has 2 heterocycles. The Balaban J connectivity index is 1.43. The van der Waals surface area contributed by atoms with E-state index >= 15 is 0 Å². The summed E-state index contributed by atoms with van der Waals surface area (Å²) in [5.74, 6) is 2.42. The molecular formula is C18H23N3O2. The first-order valence-electron chi connectivity index (χ1n) is 8.23. The van der Waals surface area contributed by atoms with E-state index in [-0.39, 0.29) is 5.91 Å². The van der Waals surface area contributed by atoms with E-state index in [1.54, 1.807) is 6.20 Å². The lowest BCUT2D eigenvalue weighted by Crippen LogP contribution is -2.35. The van der Waals surface area contributed by atoms with Crippen molar-refractivity contribution in [3.8, 4) is 5.75 Å². The number of aryl methyl sites for hydroxylation is 2. The molecule has 0 fully saturated rings. The van der Waals surface area contributed by atoms with Gasteiger partial charge in [0, 0.05) is 44.2 Å². The lowest BCUT2D eigenvalue weighted by atomic mass is 9.97. The van der Waals surface area contributed by atoms with Crippen LogP contribution >= 0.6 is 0 Å². The molecule has 1 N–H and O–H groups in total. The zero-order valence-electron chi connectivity index (χ0n) is 13.5. The predicted molar refractivity (Wildman–Crippen MR) is 88.4 cm³/mol. The van der Waals surface area contributed by atoms with Gasteiger partial charge in [0.25, 0.3) is 0 Å². The summed E-state index contributed by atoms with van der Waals surface area (Å²) < 4.78 is 7.80. The van der Waals surface area contributed by atoms with E-state index < -0.39 is 0 Å². The zero-order valence-corrected chi connectivity index (χ0v) is 13.5. The maximum atomic E-state index is 12.0. The summed E-state index contributed by atoms with van der Waals surface area (Å²) in [5, 5.41) is 3.03. The maximum absolute atomic E-state index is 12.0. The van der Waals surface area contributed by atoms with Crippen LogP contribution in [0.4, 0.5) is 0 Å². The van der Waals surface area contributed by atoms with Crippen LogP contribution in [0.15, 0.2) is 36.7 Å². The molecule has 1 atom stereocenters. The summed E-state index contributed by atoms with van der Waals surface area (Å²) >= 11 is 0. The third-order valence-electron chi connectivity index (χ3n) is 4.24. The minimum absolute atomic E-state index is 0.0830. The minimum Gasteiger partial charge on any atom is -0.493 e. The van der Waals surface area contributed by atoms with E-state index in [1.165, 1.54) is 5.56 Å². The predicted octanol–water partition coefficient (Wildman–Crippen LogP) is 2.20. The van der Waals surface area contributed by atoms with Gasteiger partial charge < -0.3 is 14.6 Å². The van der Waals surface area contributed by atoms with Gasteiger partial charge in [-0.15, -0.1) is 0 Å². The highest BCUT2D eigenvalue weighted by atomic mass is 16.5. The summed E-state index contributed by atoms with van der Waals surface area (Å²) in [6, 6.07) is 8.11. The van der Waals surface area contributed by atoms with Gasteiger partial charge in [-0.25, -0.2) is 4.98 Å². The molecule has 1 amide bonds. The fraction of sp³-hybridized carbons (Fsp3) is 0.444. The zero-order chi connectivity index (χ0) is 16.1. The van der Waals surface area contributed by atoms with Gasteiger partial charge in [0.1, 0.15) is 11.6 Å². The average Bonchev–Trinajstić information content (AvgIpc) is 3.05. The van der Waals surface area contributed by atoms with Crippen LogP contribution in [0.2, 0.25) is 0 Å². The number of para-hydroxylation sites is 1. The van der Waals surface area contributed by atoms with Gasteiger partial charge >= 0.3 is 0 Å². The van der Waals surface area contributed by atoms with Crippen molar-refractivity contribution >= 4 is 5.91 Å². The molecule has 0 saturated heterocycles. The Morgan fingerprint density at radius 1 is 1.43 bits per heavy atom. The first-order valence-corrected chi connectivity index (χ1v) is 8.23. The smallest absolute Gasteiger partial charge is 0.221 e. The molecule has 1 aromatic carbocycles. The Morgan fingerprint density at radius 3 is 3.17 bits per heavy atom. The number of carbonyl (C=O) groups excluding carboxylic acids is 1. The van der Waals surface area contributed by atoms with Crippen LogP contribution in [0.1, 0.15) is 24.7 Å². The Hall–Kier alpha value is -2.30. The summed E-state index contributed by atoms with van der Waals surface area (Å²) in [5.41, 5.74) is 1.23. The molecule has 3 rings (SSSR count). The molecule has 2 aromatic rings. The van der Waals surface area contributed by atoms with Crippen molar-refractivity contribution in [1.29, 1.82) is 0 Å². The quantitative estimate of drug-likeness (QED) is 0.889. The second-order valence-corrected chi connectivity index (χ2v) is 5.93. The molecule has 1 aliphatic heterocycles. The molecule has 0 bridgehead atoms. The number of rotatable bonds is 6. The van der Waals surface area contributed by atoms with Crippen LogP contribution in [-0.2, 0) is 24.2 Å². The number of nitrogens with zero attached hydrogens (tertiary/aromatic N) is 2. The highest BCUT2D eigenvalue weighted by Gasteiger charge is 2.19. The molecule has 1 aliphatic rings. The van der Waals surface area contributed by atoms with Gasteiger partial charge in [-0.05, 0) is 18.1 Å². The van der Waals surface area contributed by atoms with Crippen LogP contribution in [0.5, 0.6) is 5.75 Å². The van der Waals surface area contributed by atoms with E-state index in [0.29, 0.717) is 32.0 Å². The maximum Gasteiger partial charge on any atom is 0.221 e. The fourth-order valence-corrected chi connectivity index (χ4v) is 2.95. The largest absolute Gasteiger partial charge is 0.493 e. The number of hydrogen-bond acceptors (Lipinski definition) is 3. The third kappa shape index (κ3) is 3.92. The van der Waals surface area contributed by atoms with Crippen molar-refractivity contribution in [2.75, 3.05) is 13.2 Å². The summed E-state index contributed by atoms with van der Waals surface area (Å²) in [6.45, 7) is 4.08. The van der Waals surface area contributed by atoms with Crippen LogP contribution in [-0.4, -0.2) is 28.6 Å². The average molecular weight is 313 g/mol. The number of nitrogens with one attached hydrogen (secondary N) is 1. The van der Waals surface area contributed by atoms with Crippen LogP contribution in [0.3, 0.4) is 0 Å². The molecule has 0 saturated carbocycles. The van der Waals surface area contributed by atoms with Crippen molar-refractivity contribution in [3.63, 3.8) is 0 Å². The van der Waals surface area contributed by atoms with Crippen molar-refractivity contribution in [3.05, 3.63) is 48.0 Å². The Morgan fingerprint density at radius 2 is 2.30 bits per heavy atom. The number of imidazole rings is 1. The molecule has 0 aliphatic carbocycles. The van der Waals surface area contributed by atoms with Gasteiger partial charge in [-0.2, -0.15) is 0 Å². The Kier molecular flexibility index (Phi) is 4.95. The highest BCUT2D eigenvalue weighted by molar-refractivity contribution is 5.75. The highest BCUT2D eigenvalue weighted by Crippen LogP contribution is 2.26. The first kappa shape index (κ1) is 15.6. The van der Waals surface area contributed by atoms with Gasteiger partial charge in [-0.3, -0.25) is 4.79 Å². The minimum atomic E-state index is 0.0830. The van der Waals surface area contributed by atoms with Gasteiger partial charge in [-0.1, -0.05) is 25.1 Å². The molecule has 0 unspecified atom stereocenters. The number of fused-ring (bicyclic) bond motifs is 1. The van der Waals surface area contributed by atoms with Crippen LogP contribution in [0.25, 0.3) is 0 Å². The second kappa shape index (κ2) is 7.31. The van der Waals surface area contributed by atoms with E-state index in [1.807, 2.05) is 29.0 Å². The van der Waals surface area contributed by atoms with Gasteiger partial charge in [0.2, 0.25) is 5.91 Å². The number of hydrogen-bond donors (Lipinski definition) is 1. The van der Waals surface area contributed by atoms with E-state index in [9.17, 15) is 4.79 Å². The normalized spacial score (nSPS) is 16.5. The van der Waals surface area contributed by atoms with Crippen molar-refractivity contribution < 1.29 is 9.53 Å². The topological polar surface area (TPSA) is 56.2 Å². The number of carbonyl (C=O) groups is 1. The lowest BCUT2D eigenvalue weighted by Gasteiger charge is -2.25. The number of amides is 1. The molecule has 1 aromatic heterocycles. The van der Waals surface area contributed by atoms with E-state index in [4.69, 9.17) is 4.74 Å². The van der Waals surface area contributed by atoms with E-state index in [2.05, 4.69) is 23.3 Å². The molecule has 122 valence electrons. The van der Waals surface area contributed by atoms with Crippen molar-refractivity contribution in [2.45, 2.75) is 32.7 Å². The monoisotopic (exact) mass is 313 g/mol. The lowest BCUT2D eigenvalue weighted by molar-refractivity contribution is -0.121. The summed E-state index contributed by atoms with van der Waals surface area (Å²) in [6.07, 6.45) is 6.03. The Bertz CT molecular complexity index is 666. The summed E-state index contributed by atoms with van der Waals surface area (Å²) in [7, 11) is 0. The first-order chi connectivity index (χ1) is 11.3. The molecular weight excluding hydrogens is 290 g/mol. The van der Waals surface area contributed by atoms with Crippen LogP contribution < -0.4 is 10.1 Å². The third-order valence-corrected chi connectivity index (χ3v) is 4.24. The van der Waals surface area contributed by atoms with Gasteiger partial charge in [0.15, 0.2) is 0 Å². The molecule has 23 heavy (non-hydrogen) atoms. The number of aromatic nitrogens is 2. The molecule has 0 spiro atoms. The standard InChI is InChI=1S/C18H23N3O2/c1-2-17-19-8-10-21(17)9-7-18(22)20-12-14-11-15-5-3-4-6-16(15)23-13-14/h3-6,8,10,14H,2,7,9,11-13H2,1H3,(H,20,22)/t14-/m0/s1. The SMILES string of the molecule is CCc1nccn1CCC(=O)NC[C@H]1COc2ccccc2C1. The second-order valence-electron chi connectivity index (χ2n) is 5.93. The number of ether oxygens (including phenoxy) is 1. The molecule has 5 nitrogen and oxygen atoms in total. The molecule has 0 radical (unpaired) electrons. The summed E-state index contributed by atoms with van der Waals surface area (Å²) in [4.78, 5) is 16.3. The van der Waals surface area contributed by atoms with Crippen molar-refractivity contribution in [2.24, 2.45) is 5.92 Å². The molecule has 5 heteroatoms. The Labute approximate surface area is 136 Å². The fourth-order valence-electron chi connectivity index (χ4n) is 2.95. The van der Waals surface area contributed by atoms with E-state index in [0.717, 1.165) is 24.4 Å². The van der Waals surface area contributed by atoms with Crippen LogP contribution in [0, 0.1) is 5.92 Å². The number of benzene rings is 1. The van der Waals surface area contributed by atoms with Crippen molar-refractivity contribution in [1.82, 2.24) is 14.9 Å².